The molecule has 1 aromatic heterocycles. The monoisotopic (exact) mass is 731 g/mol. The van der Waals surface area contributed by atoms with Crippen molar-refractivity contribution in [2.24, 2.45) is 0 Å². The van der Waals surface area contributed by atoms with Gasteiger partial charge in [0.15, 0.2) is 0 Å². The molecule has 1 aliphatic rings. The molecule has 0 atom stereocenters. The number of nitrogens with zero attached hydrogens (tertiary/aromatic N) is 1. The van der Waals surface area contributed by atoms with Crippen LogP contribution in [0.1, 0.15) is 30.5 Å². The molecule has 0 amide bonds. The molecule has 10 rings (SSSR count). The molecule has 1 heterocycles. The van der Waals surface area contributed by atoms with Gasteiger partial charge >= 0.3 is 0 Å². The Balaban J connectivity index is 1.18. The van der Waals surface area contributed by atoms with Gasteiger partial charge in [-0.2, -0.15) is 0 Å². The molecule has 0 N–H and O–H groups in total. The quantitative estimate of drug-likeness (QED) is 0.162. The second-order valence-electron chi connectivity index (χ2n) is 15.4. The smallest absolute Gasteiger partial charge is 0.143 e. The minimum Gasteiger partial charge on any atom is -0.455 e. The van der Waals surface area contributed by atoms with Crippen LogP contribution in [0.2, 0.25) is 0 Å². The van der Waals surface area contributed by atoms with Crippen LogP contribution in [0.5, 0.6) is 0 Å². The summed E-state index contributed by atoms with van der Waals surface area (Å²) in [6.07, 6.45) is 2.00. The van der Waals surface area contributed by atoms with Crippen molar-refractivity contribution >= 4 is 60.9 Å². The zero-order chi connectivity index (χ0) is 38.7. The summed E-state index contributed by atoms with van der Waals surface area (Å²) in [5.41, 5.74) is 16.2. The average molecular weight is 732 g/mol. The lowest BCUT2D eigenvalue weighted by atomic mass is 9.78. The van der Waals surface area contributed by atoms with Crippen LogP contribution in [0.25, 0.3) is 66.1 Å². The van der Waals surface area contributed by atoms with E-state index >= 15 is 0 Å². The van der Waals surface area contributed by atoms with Crippen molar-refractivity contribution in [2.75, 3.05) is 4.90 Å². The van der Waals surface area contributed by atoms with Crippen LogP contribution in [-0.4, -0.2) is 0 Å². The summed E-state index contributed by atoms with van der Waals surface area (Å²) in [7, 11) is 0. The molecule has 0 radical (unpaired) electrons. The predicted octanol–water partition coefficient (Wildman–Crippen LogP) is 15.5. The third kappa shape index (κ3) is 5.48. The molecule has 0 spiro atoms. The number of rotatable bonds is 7. The lowest BCUT2D eigenvalue weighted by molar-refractivity contribution is 0.663. The van der Waals surface area contributed by atoms with E-state index in [4.69, 9.17) is 4.42 Å². The topological polar surface area (TPSA) is 16.4 Å². The minimum atomic E-state index is -0.209. The first-order chi connectivity index (χ1) is 27.9. The van der Waals surface area contributed by atoms with E-state index in [2.05, 4.69) is 214 Å². The molecule has 0 fully saturated rings. The van der Waals surface area contributed by atoms with Crippen LogP contribution in [-0.2, 0) is 5.41 Å². The maximum atomic E-state index is 6.90. The van der Waals surface area contributed by atoms with Crippen LogP contribution in [0.15, 0.2) is 211 Å². The molecule has 2 heteroatoms. The van der Waals surface area contributed by atoms with E-state index in [-0.39, 0.29) is 5.41 Å². The fourth-order valence-corrected chi connectivity index (χ4v) is 9.16. The summed E-state index contributed by atoms with van der Waals surface area (Å²) in [6, 6.07) is 64.9. The van der Waals surface area contributed by atoms with E-state index in [1.165, 1.54) is 22.1 Å². The number of anilines is 3. The number of fused-ring (bicyclic) bond motifs is 6. The van der Waals surface area contributed by atoms with Gasteiger partial charge in [0.05, 0.1) is 11.4 Å². The van der Waals surface area contributed by atoms with Gasteiger partial charge in [0.1, 0.15) is 11.2 Å². The van der Waals surface area contributed by atoms with Crippen LogP contribution in [0.4, 0.5) is 17.1 Å². The molecule has 0 saturated carbocycles. The highest BCUT2D eigenvalue weighted by molar-refractivity contribution is 6.17. The maximum absolute atomic E-state index is 6.90. The number of hydrogen-bond donors (Lipinski definition) is 0. The predicted molar refractivity (Wildman–Crippen MR) is 242 cm³/mol. The van der Waals surface area contributed by atoms with Gasteiger partial charge in [0.25, 0.3) is 0 Å². The second kappa shape index (κ2) is 13.5. The Kier molecular flexibility index (Phi) is 8.16. The Morgan fingerprint density at radius 3 is 1.88 bits per heavy atom. The summed E-state index contributed by atoms with van der Waals surface area (Å²) < 4.78 is 6.90. The molecule has 1 aliphatic carbocycles. The SMILES string of the molecule is C=C/C(=C1\C(=C)c2ccccc2C1(C)C)c1ccc(N(c2ccccc2-c2ccccc2)c2ccccc2-c2cccc3c2oc2c4ccccc4ccc32)cc1. The van der Waals surface area contributed by atoms with E-state index < -0.39 is 0 Å². The van der Waals surface area contributed by atoms with Crippen molar-refractivity contribution in [3.05, 3.63) is 223 Å². The molecular weight excluding hydrogens is 691 g/mol. The average Bonchev–Trinajstić information content (AvgIpc) is 3.74. The Morgan fingerprint density at radius 1 is 0.526 bits per heavy atom. The van der Waals surface area contributed by atoms with Crippen molar-refractivity contribution in [1.29, 1.82) is 0 Å². The highest BCUT2D eigenvalue weighted by Crippen LogP contribution is 2.52. The molecule has 57 heavy (non-hydrogen) atoms. The van der Waals surface area contributed by atoms with Gasteiger partial charge in [0, 0.05) is 44.0 Å². The molecule has 2 nitrogen and oxygen atoms in total. The van der Waals surface area contributed by atoms with E-state index in [0.717, 1.165) is 83.4 Å². The molecular formula is C55H41NO. The standard InChI is InChI=1S/C55H41NO/c1-5-41(52-36(2)42-21-11-14-27-49(42)55(52,3)4)39-30-33-40(34-31-39)56(50-28-15-12-22-43(50)37-18-7-6-8-19-37)51-29-16-13-24-45(51)46-25-17-26-47-48-35-32-38-20-9-10-23-44(38)53(48)57-54(46)47/h5-35H,1-2H2,3-4H3/b52-41-. The summed E-state index contributed by atoms with van der Waals surface area (Å²) in [6.45, 7) is 13.5. The van der Waals surface area contributed by atoms with E-state index in [1.807, 2.05) is 6.08 Å². The van der Waals surface area contributed by atoms with Crippen LogP contribution in [0.3, 0.4) is 0 Å². The Labute approximate surface area is 334 Å². The molecule has 0 unspecified atom stereocenters. The lowest BCUT2D eigenvalue weighted by Gasteiger charge is -2.30. The minimum absolute atomic E-state index is 0.209. The summed E-state index contributed by atoms with van der Waals surface area (Å²) in [4.78, 5) is 2.40. The van der Waals surface area contributed by atoms with Crippen molar-refractivity contribution in [2.45, 2.75) is 19.3 Å². The van der Waals surface area contributed by atoms with Gasteiger partial charge in [-0.05, 0) is 74.7 Å². The Morgan fingerprint density at radius 2 is 1.12 bits per heavy atom. The maximum Gasteiger partial charge on any atom is 0.143 e. The highest BCUT2D eigenvalue weighted by Gasteiger charge is 2.38. The first kappa shape index (κ1) is 34.3. The fraction of sp³-hybridized carbons (Fsp3) is 0.0545. The highest BCUT2D eigenvalue weighted by atomic mass is 16.3. The van der Waals surface area contributed by atoms with Crippen molar-refractivity contribution in [1.82, 2.24) is 0 Å². The van der Waals surface area contributed by atoms with E-state index in [0.29, 0.717) is 0 Å². The number of allylic oxidation sites excluding steroid dienone is 4. The van der Waals surface area contributed by atoms with Crippen molar-refractivity contribution in [3.8, 4) is 22.3 Å². The molecule has 0 aliphatic heterocycles. The number of furan rings is 1. The summed E-state index contributed by atoms with van der Waals surface area (Å²) >= 11 is 0. The van der Waals surface area contributed by atoms with Gasteiger partial charge < -0.3 is 9.32 Å². The third-order valence-electron chi connectivity index (χ3n) is 11.8. The fourth-order valence-electron chi connectivity index (χ4n) is 9.16. The number of benzene rings is 8. The zero-order valence-corrected chi connectivity index (χ0v) is 32.2. The number of para-hydroxylation sites is 3. The normalized spacial score (nSPS) is 14.2. The number of hydrogen-bond acceptors (Lipinski definition) is 2. The Hall–Kier alpha value is -7.16. The lowest BCUT2D eigenvalue weighted by Crippen LogP contribution is -2.16. The van der Waals surface area contributed by atoms with Crippen molar-refractivity contribution in [3.63, 3.8) is 0 Å². The van der Waals surface area contributed by atoms with Crippen LogP contribution < -0.4 is 4.90 Å². The molecule has 9 aromatic rings. The molecule has 0 saturated heterocycles. The van der Waals surface area contributed by atoms with Crippen LogP contribution >= 0.6 is 0 Å². The largest absolute Gasteiger partial charge is 0.455 e. The van der Waals surface area contributed by atoms with E-state index in [1.54, 1.807) is 0 Å². The van der Waals surface area contributed by atoms with E-state index in [9.17, 15) is 0 Å². The third-order valence-corrected chi connectivity index (χ3v) is 11.8. The van der Waals surface area contributed by atoms with Crippen LogP contribution in [0, 0.1) is 0 Å². The first-order valence-electron chi connectivity index (χ1n) is 19.6. The molecule has 8 aromatic carbocycles. The summed E-state index contributed by atoms with van der Waals surface area (Å²) in [5, 5.41) is 4.51. The first-order valence-corrected chi connectivity index (χ1v) is 19.6. The van der Waals surface area contributed by atoms with Gasteiger partial charge in [-0.1, -0.05) is 185 Å². The van der Waals surface area contributed by atoms with Gasteiger partial charge in [-0.3, -0.25) is 0 Å². The van der Waals surface area contributed by atoms with Crippen molar-refractivity contribution < 1.29 is 4.42 Å². The molecule has 0 bridgehead atoms. The van der Waals surface area contributed by atoms with Gasteiger partial charge in [-0.15, -0.1) is 0 Å². The molecule has 272 valence electrons. The Bertz CT molecular complexity index is 3070. The van der Waals surface area contributed by atoms with Gasteiger partial charge in [0.2, 0.25) is 0 Å². The zero-order valence-electron chi connectivity index (χ0n) is 32.2. The summed E-state index contributed by atoms with van der Waals surface area (Å²) in [5.74, 6) is 0. The second-order valence-corrected chi connectivity index (χ2v) is 15.4. The van der Waals surface area contributed by atoms with Gasteiger partial charge in [-0.25, -0.2) is 0 Å².